The molecule has 1 atom stereocenters. The van der Waals surface area contributed by atoms with Gasteiger partial charge in [-0.25, -0.2) is 4.99 Å². The Morgan fingerprint density at radius 1 is 1.28 bits per heavy atom. The number of allylic oxidation sites excluding steroid dienone is 3. The average molecular weight is 335 g/mol. The van der Waals surface area contributed by atoms with E-state index in [1.54, 1.807) is 0 Å². The van der Waals surface area contributed by atoms with Crippen LogP contribution in [-0.4, -0.2) is 24.1 Å². The Bertz CT molecular complexity index is 798. The van der Waals surface area contributed by atoms with Gasteiger partial charge in [-0.05, 0) is 43.0 Å². The van der Waals surface area contributed by atoms with E-state index >= 15 is 0 Å². The lowest BCUT2D eigenvalue weighted by molar-refractivity contribution is 0.809. The molecular weight excluding hydrogens is 310 g/mol. The van der Waals surface area contributed by atoms with E-state index in [1.165, 1.54) is 0 Å². The van der Waals surface area contributed by atoms with Crippen molar-refractivity contribution in [1.29, 1.82) is 0 Å². The number of hydrogen-bond acceptors (Lipinski definition) is 5. The number of nitrogens with two attached hydrogens (primary N) is 2. The van der Waals surface area contributed by atoms with E-state index in [1.807, 2.05) is 30.4 Å². The lowest BCUT2D eigenvalue weighted by Crippen LogP contribution is -2.29. The Labute approximate surface area is 148 Å². The number of aryl methyl sites for hydroxylation is 1. The SMILES string of the molecule is C=C(Nc1ccccc1C)C(N)CC1=NC(C2=CC=C(N)CC2)=NC1. The molecule has 1 unspecified atom stereocenters. The van der Waals surface area contributed by atoms with Gasteiger partial charge in [-0.2, -0.15) is 0 Å². The predicted molar refractivity (Wildman–Crippen MR) is 106 cm³/mol. The van der Waals surface area contributed by atoms with Crippen molar-refractivity contribution in [1.82, 2.24) is 0 Å². The molecule has 1 aliphatic carbocycles. The molecule has 0 bridgehead atoms. The maximum absolute atomic E-state index is 6.30. The van der Waals surface area contributed by atoms with Crippen LogP contribution in [0.1, 0.15) is 24.8 Å². The largest absolute Gasteiger partial charge is 0.402 e. The highest BCUT2D eigenvalue weighted by atomic mass is 15.0. The Morgan fingerprint density at radius 3 is 2.80 bits per heavy atom. The van der Waals surface area contributed by atoms with Crippen LogP contribution in [0.4, 0.5) is 5.69 Å². The second kappa shape index (κ2) is 7.49. The molecule has 2 aliphatic rings. The lowest BCUT2D eigenvalue weighted by atomic mass is 10.0. The summed E-state index contributed by atoms with van der Waals surface area (Å²) >= 11 is 0. The maximum atomic E-state index is 6.30. The second-order valence-electron chi connectivity index (χ2n) is 6.53. The number of amidine groups is 1. The molecule has 0 amide bonds. The van der Waals surface area contributed by atoms with Gasteiger partial charge in [0.05, 0.1) is 6.54 Å². The van der Waals surface area contributed by atoms with Crippen LogP contribution in [0, 0.1) is 6.92 Å². The summed E-state index contributed by atoms with van der Waals surface area (Å²) in [5, 5.41) is 3.32. The van der Waals surface area contributed by atoms with Crippen LogP contribution in [0.25, 0.3) is 0 Å². The fourth-order valence-electron chi connectivity index (χ4n) is 2.87. The molecule has 1 aromatic rings. The molecule has 3 rings (SSSR count). The van der Waals surface area contributed by atoms with Crippen LogP contribution >= 0.6 is 0 Å². The van der Waals surface area contributed by atoms with Crippen molar-refractivity contribution >= 4 is 17.2 Å². The summed E-state index contributed by atoms with van der Waals surface area (Å²) in [6.07, 6.45) is 6.37. The minimum absolute atomic E-state index is 0.205. The summed E-state index contributed by atoms with van der Waals surface area (Å²) in [7, 11) is 0. The Balaban J connectivity index is 1.59. The van der Waals surface area contributed by atoms with Crippen LogP contribution < -0.4 is 16.8 Å². The molecule has 0 saturated heterocycles. The summed E-state index contributed by atoms with van der Waals surface area (Å²) < 4.78 is 0. The van der Waals surface area contributed by atoms with Crippen LogP contribution in [0.5, 0.6) is 0 Å². The molecule has 1 heterocycles. The van der Waals surface area contributed by atoms with Gasteiger partial charge in [-0.3, -0.25) is 4.99 Å². The van der Waals surface area contributed by atoms with E-state index in [9.17, 15) is 0 Å². The number of anilines is 1. The fraction of sp³-hybridized carbons (Fsp3) is 0.300. The fourth-order valence-corrected chi connectivity index (χ4v) is 2.87. The lowest BCUT2D eigenvalue weighted by Gasteiger charge is -2.18. The molecule has 130 valence electrons. The average Bonchev–Trinajstić information content (AvgIpc) is 3.06. The molecule has 5 N–H and O–H groups in total. The number of rotatable bonds is 6. The van der Waals surface area contributed by atoms with Crippen LogP contribution in [-0.2, 0) is 0 Å². The summed E-state index contributed by atoms with van der Waals surface area (Å²) in [6, 6.07) is 7.88. The zero-order valence-electron chi connectivity index (χ0n) is 14.6. The van der Waals surface area contributed by atoms with Crippen LogP contribution in [0.2, 0.25) is 0 Å². The minimum Gasteiger partial charge on any atom is -0.402 e. The van der Waals surface area contributed by atoms with Crippen molar-refractivity contribution in [3.8, 4) is 0 Å². The molecule has 1 aromatic carbocycles. The number of hydrogen-bond donors (Lipinski definition) is 3. The van der Waals surface area contributed by atoms with E-state index in [-0.39, 0.29) is 6.04 Å². The zero-order chi connectivity index (χ0) is 17.8. The first-order valence-electron chi connectivity index (χ1n) is 8.56. The van der Waals surface area contributed by atoms with Crippen LogP contribution in [0.15, 0.2) is 69.9 Å². The number of aliphatic imine (C=N–C) groups is 2. The molecule has 0 saturated carbocycles. The molecule has 0 spiro atoms. The van der Waals surface area contributed by atoms with E-state index < -0.39 is 0 Å². The third kappa shape index (κ3) is 4.25. The number of nitrogens with zero attached hydrogens (tertiary/aromatic N) is 2. The highest BCUT2D eigenvalue weighted by Crippen LogP contribution is 2.21. The van der Waals surface area contributed by atoms with Crippen molar-refractivity contribution in [2.24, 2.45) is 21.5 Å². The van der Waals surface area contributed by atoms with Gasteiger partial charge in [0.2, 0.25) is 0 Å². The van der Waals surface area contributed by atoms with Gasteiger partial charge in [-0.15, -0.1) is 0 Å². The molecule has 5 nitrogen and oxygen atoms in total. The molecule has 5 heteroatoms. The van der Waals surface area contributed by atoms with Gasteiger partial charge in [0.15, 0.2) is 5.84 Å². The highest BCUT2D eigenvalue weighted by Gasteiger charge is 2.19. The van der Waals surface area contributed by atoms with Gasteiger partial charge in [0, 0.05) is 35.3 Å². The molecule has 0 radical (unpaired) electrons. The number of para-hydroxylation sites is 1. The molecule has 0 aromatic heterocycles. The summed E-state index contributed by atoms with van der Waals surface area (Å²) in [5.74, 6) is 0.823. The smallest absolute Gasteiger partial charge is 0.150 e. The normalized spacial score (nSPS) is 18.0. The molecule has 0 fully saturated rings. The van der Waals surface area contributed by atoms with Crippen molar-refractivity contribution in [2.45, 2.75) is 32.2 Å². The Morgan fingerprint density at radius 2 is 2.08 bits per heavy atom. The first-order valence-corrected chi connectivity index (χ1v) is 8.56. The monoisotopic (exact) mass is 335 g/mol. The summed E-state index contributed by atoms with van der Waals surface area (Å²) in [4.78, 5) is 9.21. The van der Waals surface area contributed by atoms with E-state index in [0.29, 0.717) is 13.0 Å². The van der Waals surface area contributed by atoms with Crippen molar-refractivity contribution in [3.63, 3.8) is 0 Å². The number of nitrogens with one attached hydrogen (secondary N) is 1. The highest BCUT2D eigenvalue weighted by molar-refractivity contribution is 6.11. The van der Waals surface area contributed by atoms with Crippen LogP contribution in [0.3, 0.4) is 0 Å². The summed E-state index contributed by atoms with van der Waals surface area (Å²) in [5.41, 5.74) is 18.1. The van der Waals surface area contributed by atoms with Crippen molar-refractivity contribution in [2.75, 3.05) is 11.9 Å². The Kier molecular flexibility index (Phi) is 5.14. The standard InChI is InChI=1S/C20H25N5/c1-13-5-3-4-6-19(13)24-14(2)18(22)11-17-12-23-20(25-17)15-7-9-16(21)10-8-15/h3-7,9,18,24H,2,8,10-12,21-22H2,1H3. The quantitative estimate of drug-likeness (QED) is 0.746. The van der Waals surface area contributed by atoms with Crippen molar-refractivity contribution < 1.29 is 0 Å². The third-order valence-corrected chi connectivity index (χ3v) is 4.49. The third-order valence-electron chi connectivity index (χ3n) is 4.49. The minimum atomic E-state index is -0.205. The predicted octanol–water partition coefficient (Wildman–Crippen LogP) is 3.05. The topological polar surface area (TPSA) is 88.8 Å². The van der Waals surface area contributed by atoms with Gasteiger partial charge < -0.3 is 16.8 Å². The summed E-state index contributed by atoms with van der Waals surface area (Å²) in [6.45, 7) is 6.75. The van der Waals surface area contributed by atoms with Gasteiger partial charge in [0.1, 0.15) is 0 Å². The molecule has 1 aliphatic heterocycles. The first-order chi connectivity index (χ1) is 12.0. The van der Waals surface area contributed by atoms with E-state index in [4.69, 9.17) is 11.5 Å². The van der Waals surface area contributed by atoms with Gasteiger partial charge >= 0.3 is 0 Å². The second-order valence-corrected chi connectivity index (χ2v) is 6.53. The maximum Gasteiger partial charge on any atom is 0.150 e. The Hall–Kier alpha value is -2.66. The zero-order valence-corrected chi connectivity index (χ0v) is 14.6. The first kappa shape index (κ1) is 17.2. The van der Waals surface area contributed by atoms with E-state index in [0.717, 1.165) is 52.6 Å². The van der Waals surface area contributed by atoms with Crippen molar-refractivity contribution in [3.05, 3.63) is 65.5 Å². The van der Waals surface area contributed by atoms with Gasteiger partial charge in [-0.1, -0.05) is 30.9 Å². The molecular formula is C20H25N5. The number of benzene rings is 1. The van der Waals surface area contributed by atoms with Gasteiger partial charge in [0.25, 0.3) is 0 Å². The van der Waals surface area contributed by atoms with E-state index in [2.05, 4.69) is 34.9 Å². The molecule has 25 heavy (non-hydrogen) atoms.